The molecular weight excluding hydrogens is 308 g/mol. The summed E-state index contributed by atoms with van der Waals surface area (Å²) < 4.78 is 1.14. The van der Waals surface area contributed by atoms with E-state index in [1.54, 1.807) is 11.3 Å². The minimum Gasteiger partial charge on any atom is -0.316 e. The van der Waals surface area contributed by atoms with E-state index in [2.05, 4.69) is 57.4 Å². The number of nitrogens with one attached hydrogen (secondary N) is 1. The summed E-state index contributed by atoms with van der Waals surface area (Å²) in [7, 11) is 0. The van der Waals surface area contributed by atoms with E-state index in [0.717, 1.165) is 24.0 Å². The molecule has 1 N–H and O–H groups in total. The van der Waals surface area contributed by atoms with Crippen LogP contribution in [0.3, 0.4) is 0 Å². The molecule has 4 heteroatoms. The Morgan fingerprint density at radius 1 is 1.44 bits per heavy atom. The fourth-order valence-corrected chi connectivity index (χ4v) is 3.07. The average Bonchev–Trinajstić information content (AvgIpc) is 2.87. The summed E-state index contributed by atoms with van der Waals surface area (Å²) in [6.45, 7) is 4.16. The molecular formula is C14H17BrN2S. The monoisotopic (exact) mass is 324 g/mol. The summed E-state index contributed by atoms with van der Waals surface area (Å²) in [5.41, 5.74) is 3.28. The molecule has 0 saturated carbocycles. The Bertz CT molecular complexity index is 470. The van der Waals surface area contributed by atoms with Crippen molar-refractivity contribution in [3.63, 3.8) is 0 Å². The normalized spacial score (nSPS) is 12.6. The van der Waals surface area contributed by atoms with Gasteiger partial charge >= 0.3 is 0 Å². The molecule has 18 heavy (non-hydrogen) atoms. The van der Waals surface area contributed by atoms with Gasteiger partial charge in [-0.05, 0) is 30.7 Å². The molecule has 1 unspecified atom stereocenters. The van der Waals surface area contributed by atoms with Gasteiger partial charge in [0, 0.05) is 28.0 Å². The fraction of sp³-hybridized carbons (Fsp3) is 0.357. The maximum atomic E-state index is 4.16. The van der Waals surface area contributed by atoms with E-state index in [-0.39, 0.29) is 0 Å². The van der Waals surface area contributed by atoms with Gasteiger partial charge in [-0.15, -0.1) is 11.3 Å². The van der Waals surface area contributed by atoms with Gasteiger partial charge in [0.1, 0.15) is 0 Å². The van der Waals surface area contributed by atoms with Crippen LogP contribution in [0.15, 0.2) is 40.4 Å². The van der Waals surface area contributed by atoms with Crippen LogP contribution in [0.4, 0.5) is 0 Å². The molecule has 0 radical (unpaired) electrons. The lowest BCUT2D eigenvalue weighted by Crippen LogP contribution is -2.22. The topological polar surface area (TPSA) is 24.9 Å². The first kappa shape index (κ1) is 13.7. The highest BCUT2D eigenvalue weighted by Crippen LogP contribution is 2.24. The highest BCUT2D eigenvalue weighted by Gasteiger charge is 2.13. The largest absolute Gasteiger partial charge is 0.316 e. The van der Waals surface area contributed by atoms with Crippen molar-refractivity contribution in [1.29, 1.82) is 0 Å². The Morgan fingerprint density at radius 2 is 2.33 bits per heavy atom. The summed E-state index contributed by atoms with van der Waals surface area (Å²) in [6.07, 6.45) is 3.02. The number of hydrogen-bond donors (Lipinski definition) is 1. The average molecular weight is 325 g/mol. The lowest BCUT2D eigenvalue weighted by molar-refractivity contribution is 0.597. The molecule has 2 rings (SSSR count). The second-order valence-electron chi connectivity index (χ2n) is 4.23. The molecule has 1 aromatic heterocycles. The lowest BCUT2D eigenvalue weighted by atomic mass is 9.95. The van der Waals surface area contributed by atoms with Crippen molar-refractivity contribution in [2.75, 3.05) is 13.1 Å². The molecule has 0 saturated heterocycles. The first-order valence-electron chi connectivity index (χ1n) is 6.13. The zero-order valence-electron chi connectivity index (χ0n) is 10.4. The van der Waals surface area contributed by atoms with Crippen LogP contribution in [0.25, 0.3) is 0 Å². The van der Waals surface area contributed by atoms with E-state index in [1.807, 2.05) is 11.7 Å². The predicted octanol–water partition coefficient (Wildman–Crippen LogP) is 3.84. The number of likely N-dealkylation sites (N-methyl/N-ethyl adjacent to an activating group) is 1. The van der Waals surface area contributed by atoms with Crippen molar-refractivity contribution in [3.8, 4) is 0 Å². The van der Waals surface area contributed by atoms with Crippen molar-refractivity contribution in [2.24, 2.45) is 0 Å². The molecule has 0 aliphatic carbocycles. The van der Waals surface area contributed by atoms with Gasteiger partial charge in [-0.3, -0.25) is 4.98 Å². The number of nitrogens with zero attached hydrogens (tertiary/aromatic N) is 1. The van der Waals surface area contributed by atoms with Crippen molar-refractivity contribution in [3.05, 3.63) is 50.9 Å². The van der Waals surface area contributed by atoms with Crippen LogP contribution in [-0.2, 0) is 6.42 Å². The van der Waals surface area contributed by atoms with Gasteiger partial charge in [0.05, 0.1) is 5.51 Å². The van der Waals surface area contributed by atoms with E-state index in [0.29, 0.717) is 5.92 Å². The predicted molar refractivity (Wildman–Crippen MR) is 81.2 cm³/mol. The summed E-state index contributed by atoms with van der Waals surface area (Å²) >= 11 is 5.28. The molecule has 1 heterocycles. The zero-order valence-corrected chi connectivity index (χ0v) is 12.8. The van der Waals surface area contributed by atoms with Crippen LogP contribution < -0.4 is 5.32 Å². The number of benzene rings is 1. The maximum Gasteiger partial charge on any atom is 0.0794 e. The Balaban J connectivity index is 2.13. The highest BCUT2D eigenvalue weighted by molar-refractivity contribution is 9.10. The smallest absolute Gasteiger partial charge is 0.0794 e. The molecule has 2 nitrogen and oxygen atoms in total. The van der Waals surface area contributed by atoms with E-state index < -0.39 is 0 Å². The molecule has 1 atom stereocenters. The Kier molecular flexibility index (Phi) is 5.35. The minimum absolute atomic E-state index is 0.503. The molecule has 0 aliphatic heterocycles. The van der Waals surface area contributed by atoms with Crippen molar-refractivity contribution < 1.29 is 0 Å². The standard InChI is InChI=1S/C14H17BrN2S/c1-2-16-8-12(7-14-9-17-10-18-14)11-4-3-5-13(15)6-11/h3-6,9-10,12,16H,2,7-8H2,1H3. The number of thiazole rings is 1. The third-order valence-corrected chi connectivity index (χ3v) is 4.19. The Morgan fingerprint density at radius 3 is 3.00 bits per heavy atom. The maximum absolute atomic E-state index is 4.16. The second kappa shape index (κ2) is 7.02. The van der Waals surface area contributed by atoms with Gasteiger partial charge in [-0.2, -0.15) is 0 Å². The van der Waals surface area contributed by atoms with Crippen LogP contribution in [0, 0.1) is 0 Å². The van der Waals surface area contributed by atoms with Gasteiger partial charge in [0.15, 0.2) is 0 Å². The van der Waals surface area contributed by atoms with Gasteiger partial charge in [-0.25, -0.2) is 0 Å². The molecule has 0 spiro atoms. The SMILES string of the molecule is CCNCC(Cc1cncs1)c1cccc(Br)c1. The number of aromatic nitrogens is 1. The van der Waals surface area contributed by atoms with Crippen molar-refractivity contribution in [2.45, 2.75) is 19.3 Å². The quantitative estimate of drug-likeness (QED) is 0.873. The van der Waals surface area contributed by atoms with Crippen LogP contribution in [0.5, 0.6) is 0 Å². The van der Waals surface area contributed by atoms with Crippen LogP contribution in [0.2, 0.25) is 0 Å². The van der Waals surface area contributed by atoms with Gasteiger partial charge in [0.25, 0.3) is 0 Å². The molecule has 0 bridgehead atoms. The Hall–Kier alpha value is -0.710. The molecule has 0 amide bonds. The summed E-state index contributed by atoms with van der Waals surface area (Å²) in [5, 5.41) is 3.45. The minimum atomic E-state index is 0.503. The summed E-state index contributed by atoms with van der Waals surface area (Å²) in [4.78, 5) is 5.50. The number of halogens is 1. The lowest BCUT2D eigenvalue weighted by Gasteiger charge is -2.17. The van der Waals surface area contributed by atoms with Gasteiger partial charge in [-0.1, -0.05) is 35.0 Å². The third-order valence-electron chi connectivity index (χ3n) is 2.89. The van der Waals surface area contributed by atoms with Crippen LogP contribution >= 0.6 is 27.3 Å². The third kappa shape index (κ3) is 3.90. The van der Waals surface area contributed by atoms with Gasteiger partial charge < -0.3 is 5.32 Å². The van der Waals surface area contributed by atoms with Gasteiger partial charge in [0.2, 0.25) is 0 Å². The summed E-state index contributed by atoms with van der Waals surface area (Å²) in [5.74, 6) is 0.503. The van der Waals surface area contributed by atoms with Crippen molar-refractivity contribution in [1.82, 2.24) is 10.3 Å². The highest BCUT2D eigenvalue weighted by atomic mass is 79.9. The van der Waals surface area contributed by atoms with E-state index in [4.69, 9.17) is 0 Å². The molecule has 2 aromatic rings. The van der Waals surface area contributed by atoms with E-state index in [9.17, 15) is 0 Å². The first-order chi connectivity index (χ1) is 8.79. The first-order valence-corrected chi connectivity index (χ1v) is 7.80. The fourth-order valence-electron chi connectivity index (χ4n) is 1.97. The molecule has 1 aromatic carbocycles. The van der Waals surface area contributed by atoms with E-state index >= 15 is 0 Å². The second-order valence-corrected chi connectivity index (χ2v) is 6.12. The number of rotatable bonds is 6. The van der Waals surface area contributed by atoms with E-state index in [1.165, 1.54) is 10.4 Å². The van der Waals surface area contributed by atoms with Crippen LogP contribution in [0.1, 0.15) is 23.3 Å². The number of hydrogen-bond acceptors (Lipinski definition) is 3. The summed E-state index contributed by atoms with van der Waals surface area (Å²) in [6, 6.07) is 8.59. The molecule has 96 valence electrons. The molecule has 0 fully saturated rings. The molecule has 0 aliphatic rings. The zero-order chi connectivity index (χ0) is 12.8. The van der Waals surface area contributed by atoms with Crippen LogP contribution in [-0.4, -0.2) is 18.1 Å². The Labute approximate surface area is 121 Å². The van der Waals surface area contributed by atoms with Crippen molar-refractivity contribution >= 4 is 27.3 Å².